The van der Waals surface area contributed by atoms with Gasteiger partial charge in [0.15, 0.2) is 0 Å². The fraction of sp³-hybridized carbons (Fsp3) is 0.190. The molecule has 1 heterocycles. The normalized spacial score (nSPS) is 14.2. The molecule has 0 amide bonds. The molecule has 1 aliphatic rings. The average molecular weight is 350 g/mol. The van der Waals surface area contributed by atoms with Gasteiger partial charge in [-0.15, -0.1) is 0 Å². The number of benzene rings is 2. The molecule has 0 radical (unpaired) electrons. The maximum Gasteiger partial charge on any atom is 0.128 e. The van der Waals surface area contributed by atoms with Gasteiger partial charge in [-0.25, -0.2) is 0 Å². The van der Waals surface area contributed by atoms with E-state index in [-0.39, 0.29) is 5.75 Å². The Kier molecular flexibility index (Phi) is 5.27. The lowest BCUT2D eigenvalue weighted by atomic mass is 10.00. The molecular weight excluding hydrogens is 328 g/mol. The van der Waals surface area contributed by atoms with Gasteiger partial charge in [0.05, 0.1) is 7.11 Å². The second-order valence-electron chi connectivity index (χ2n) is 5.98. The van der Waals surface area contributed by atoms with E-state index in [0.29, 0.717) is 17.0 Å². The Morgan fingerprint density at radius 3 is 2.69 bits per heavy atom. The smallest absolute Gasteiger partial charge is 0.128 e. The molecule has 5 heteroatoms. The third-order valence-corrected chi connectivity index (χ3v) is 4.14. The summed E-state index contributed by atoms with van der Waals surface area (Å²) in [6.07, 6.45) is 6.05. The predicted molar refractivity (Wildman–Crippen MR) is 104 cm³/mol. The van der Waals surface area contributed by atoms with E-state index in [0.717, 1.165) is 17.8 Å². The molecular formula is C21H22N2O3. The van der Waals surface area contributed by atoms with Crippen molar-refractivity contribution in [2.75, 3.05) is 25.7 Å². The summed E-state index contributed by atoms with van der Waals surface area (Å²) in [5.41, 5.74) is 4.28. The molecule has 2 aromatic carbocycles. The summed E-state index contributed by atoms with van der Waals surface area (Å²) >= 11 is 0. The second kappa shape index (κ2) is 7.78. The number of nitrogens with zero attached hydrogens (tertiary/aromatic N) is 2. The molecule has 0 atom stereocenters. The maximum absolute atomic E-state index is 10.4. The summed E-state index contributed by atoms with van der Waals surface area (Å²) in [5.74, 6) is 0.666. The molecule has 0 unspecified atom stereocenters. The Morgan fingerprint density at radius 2 is 2.00 bits per heavy atom. The van der Waals surface area contributed by atoms with E-state index >= 15 is 0 Å². The summed E-state index contributed by atoms with van der Waals surface area (Å²) in [6, 6.07) is 13.4. The van der Waals surface area contributed by atoms with E-state index in [1.54, 1.807) is 25.3 Å². The van der Waals surface area contributed by atoms with E-state index in [1.807, 2.05) is 18.3 Å². The van der Waals surface area contributed by atoms with Gasteiger partial charge in [0.25, 0.3) is 0 Å². The van der Waals surface area contributed by atoms with Gasteiger partial charge in [-0.3, -0.25) is 0 Å². The van der Waals surface area contributed by atoms with Crippen molar-refractivity contribution in [1.82, 2.24) is 0 Å². The lowest BCUT2D eigenvalue weighted by Crippen LogP contribution is -2.22. The van der Waals surface area contributed by atoms with Gasteiger partial charge in [-0.2, -0.15) is 0 Å². The van der Waals surface area contributed by atoms with Crippen molar-refractivity contribution in [3.63, 3.8) is 0 Å². The zero-order valence-corrected chi connectivity index (χ0v) is 15.1. The van der Waals surface area contributed by atoms with E-state index < -0.39 is 0 Å². The molecule has 0 aliphatic carbocycles. The largest absolute Gasteiger partial charge is 0.507 e. The summed E-state index contributed by atoms with van der Waals surface area (Å²) in [5, 5.41) is 14.5. The molecule has 2 aromatic rings. The summed E-state index contributed by atoms with van der Waals surface area (Å²) < 4.78 is 5.15. The number of rotatable bonds is 5. The van der Waals surface area contributed by atoms with Crippen LogP contribution >= 0.6 is 0 Å². The molecule has 134 valence electrons. The number of ether oxygens (including phenoxy) is 1. The van der Waals surface area contributed by atoms with Crippen LogP contribution in [0.3, 0.4) is 0 Å². The van der Waals surface area contributed by atoms with Crippen molar-refractivity contribution >= 4 is 11.4 Å². The fourth-order valence-corrected chi connectivity index (χ4v) is 2.87. The van der Waals surface area contributed by atoms with E-state index in [1.165, 1.54) is 12.7 Å². The van der Waals surface area contributed by atoms with Crippen LogP contribution in [-0.4, -0.2) is 31.6 Å². The first-order valence-electron chi connectivity index (χ1n) is 8.33. The van der Waals surface area contributed by atoms with Gasteiger partial charge < -0.3 is 19.6 Å². The molecule has 26 heavy (non-hydrogen) atoms. The molecule has 1 aliphatic heterocycles. The lowest BCUT2D eigenvalue weighted by molar-refractivity contribution is 0.214. The summed E-state index contributed by atoms with van der Waals surface area (Å²) in [6.45, 7) is 2.84. The minimum absolute atomic E-state index is 0.0853. The van der Waals surface area contributed by atoms with Crippen molar-refractivity contribution in [2.24, 2.45) is 5.16 Å². The van der Waals surface area contributed by atoms with Crippen molar-refractivity contribution in [2.45, 2.75) is 6.92 Å². The molecule has 3 rings (SSSR count). The van der Waals surface area contributed by atoms with E-state index in [9.17, 15) is 5.11 Å². The van der Waals surface area contributed by atoms with Crippen LogP contribution in [0.15, 0.2) is 71.5 Å². The minimum Gasteiger partial charge on any atom is -0.507 e. The quantitative estimate of drug-likeness (QED) is 0.654. The Morgan fingerprint density at radius 1 is 1.15 bits per heavy atom. The van der Waals surface area contributed by atoms with Gasteiger partial charge in [0, 0.05) is 35.6 Å². The number of methoxy groups -OCH3 is 1. The molecule has 0 saturated heterocycles. The van der Waals surface area contributed by atoms with Crippen LogP contribution in [0.1, 0.15) is 11.1 Å². The van der Waals surface area contributed by atoms with Crippen LogP contribution in [0.2, 0.25) is 0 Å². The zero-order valence-electron chi connectivity index (χ0n) is 15.1. The Bertz CT molecular complexity index is 885. The van der Waals surface area contributed by atoms with E-state index in [2.05, 4.69) is 41.3 Å². The third-order valence-electron chi connectivity index (χ3n) is 4.14. The van der Waals surface area contributed by atoms with Crippen molar-refractivity contribution < 1.29 is 14.7 Å². The number of hydrogen-bond acceptors (Lipinski definition) is 5. The first kappa shape index (κ1) is 17.6. The van der Waals surface area contributed by atoms with Gasteiger partial charge in [-0.05, 0) is 36.8 Å². The molecule has 0 aromatic heterocycles. The zero-order chi connectivity index (χ0) is 18.5. The van der Waals surface area contributed by atoms with E-state index in [4.69, 9.17) is 9.57 Å². The summed E-state index contributed by atoms with van der Waals surface area (Å²) in [4.78, 5) is 7.17. The van der Waals surface area contributed by atoms with Crippen LogP contribution in [0.5, 0.6) is 11.5 Å². The first-order chi connectivity index (χ1) is 12.6. The van der Waals surface area contributed by atoms with Gasteiger partial charge in [0.1, 0.15) is 24.3 Å². The minimum atomic E-state index is 0.0853. The molecule has 0 saturated carbocycles. The molecule has 0 bridgehead atoms. The number of allylic oxidation sites excluding steroid dienone is 2. The predicted octanol–water partition coefficient (Wildman–Crippen LogP) is 4.02. The monoisotopic (exact) mass is 350 g/mol. The Hall–Kier alpha value is -3.21. The lowest BCUT2D eigenvalue weighted by Gasteiger charge is -2.24. The molecule has 5 nitrogen and oxygen atoms in total. The second-order valence-corrected chi connectivity index (χ2v) is 5.98. The highest BCUT2D eigenvalue weighted by Crippen LogP contribution is 2.28. The SMILES string of the molecule is CO/N=C(\C1=CN(c2cccc(C)c2)CC=C1)c1ccc(OC)cc1O. The number of hydrogen-bond donors (Lipinski definition) is 1. The topological polar surface area (TPSA) is 54.3 Å². The van der Waals surface area contributed by atoms with Crippen molar-refractivity contribution in [3.05, 3.63) is 77.5 Å². The highest BCUT2D eigenvalue weighted by atomic mass is 16.6. The number of aromatic hydroxyl groups is 1. The van der Waals surface area contributed by atoms with Crippen LogP contribution in [0.4, 0.5) is 5.69 Å². The number of oxime groups is 1. The Balaban J connectivity index is 2.00. The van der Waals surface area contributed by atoms with Crippen molar-refractivity contribution in [1.29, 1.82) is 0 Å². The number of phenolic OH excluding ortho intramolecular Hbond substituents is 1. The number of phenols is 1. The average Bonchev–Trinajstić information content (AvgIpc) is 2.66. The fourth-order valence-electron chi connectivity index (χ4n) is 2.87. The van der Waals surface area contributed by atoms with Gasteiger partial charge in [-0.1, -0.05) is 29.4 Å². The highest BCUT2D eigenvalue weighted by Gasteiger charge is 2.18. The van der Waals surface area contributed by atoms with Crippen LogP contribution in [0, 0.1) is 6.92 Å². The molecule has 0 spiro atoms. The van der Waals surface area contributed by atoms with Crippen LogP contribution < -0.4 is 9.64 Å². The molecule has 1 N–H and O–H groups in total. The van der Waals surface area contributed by atoms with Crippen LogP contribution in [0.25, 0.3) is 0 Å². The van der Waals surface area contributed by atoms with Gasteiger partial charge >= 0.3 is 0 Å². The number of anilines is 1. The maximum atomic E-state index is 10.4. The summed E-state index contributed by atoms with van der Waals surface area (Å²) in [7, 11) is 3.05. The van der Waals surface area contributed by atoms with Crippen LogP contribution in [-0.2, 0) is 4.84 Å². The Labute approximate surface area is 153 Å². The highest BCUT2D eigenvalue weighted by molar-refractivity contribution is 6.16. The third kappa shape index (κ3) is 3.72. The van der Waals surface area contributed by atoms with Gasteiger partial charge in [0.2, 0.25) is 0 Å². The first-order valence-corrected chi connectivity index (χ1v) is 8.33. The number of aryl methyl sites for hydroxylation is 1. The molecule has 0 fully saturated rings. The van der Waals surface area contributed by atoms with Crippen molar-refractivity contribution in [3.8, 4) is 11.5 Å². The standard InChI is InChI=1S/C21H22N2O3/c1-15-6-4-8-17(12-15)23-11-5-7-16(14-23)21(22-26-3)19-10-9-18(25-2)13-20(19)24/h4-10,12-14,24H,11H2,1-3H3/b22-21+.